The Kier molecular flexibility index (Phi) is 13.6. The third kappa shape index (κ3) is 9.89. The average molecular weight is 731 g/mol. The van der Waals surface area contributed by atoms with Gasteiger partial charge in [0, 0.05) is 24.5 Å². The second-order valence-corrected chi connectivity index (χ2v) is 14.1. The highest BCUT2D eigenvalue weighted by atomic mass is 35.5. The van der Waals surface area contributed by atoms with E-state index in [4.69, 9.17) is 39.5 Å². The number of nitrogens with one attached hydrogen (secondary N) is 1. The van der Waals surface area contributed by atoms with Crippen molar-refractivity contribution in [2.24, 2.45) is 0 Å². The van der Waals surface area contributed by atoms with Crippen molar-refractivity contribution in [3.63, 3.8) is 0 Å². The Morgan fingerprint density at radius 2 is 1.52 bits per heavy atom. The molecule has 254 valence electrons. The molecule has 1 atom stereocenters. The molecule has 0 aliphatic carbocycles. The number of hydrogen-bond donors (Lipinski definition) is 1. The number of sulfonamides is 1. The number of anilines is 1. The Morgan fingerprint density at radius 1 is 0.833 bits per heavy atom. The number of ether oxygens (including phenoxy) is 1. The van der Waals surface area contributed by atoms with Crippen molar-refractivity contribution in [3.8, 4) is 5.75 Å². The second kappa shape index (κ2) is 17.6. The van der Waals surface area contributed by atoms with E-state index < -0.39 is 28.5 Å². The minimum atomic E-state index is -4.28. The van der Waals surface area contributed by atoms with Gasteiger partial charge in [-0.1, -0.05) is 84.5 Å². The number of carbonyl (C=O) groups excluding carboxylic acids is 2. The zero-order chi connectivity index (χ0) is 34.7. The summed E-state index contributed by atoms with van der Waals surface area (Å²) in [5.74, 6) is -0.405. The highest BCUT2D eigenvalue weighted by molar-refractivity contribution is 7.92. The molecular weight excluding hydrogens is 693 g/mol. The van der Waals surface area contributed by atoms with Crippen LogP contribution in [-0.2, 0) is 32.6 Å². The fraction of sp³-hybridized carbons (Fsp3) is 0.278. The number of unbranched alkanes of at least 4 members (excludes halogenated alkanes) is 1. The summed E-state index contributed by atoms with van der Waals surface area (Å²) < 4.78 is 35.0. The molecule has 12 heteroatoms. The molecule has 48 heavy (non-hydrogen) atoms. The number of carbonyl (C=O) groups is 2. The van der Waals surface area contributed by atoms with E-state index in [1.807, 2.05) is 44.2 Å². The predicted molar refractivity (Wildman–Crippen MR) is 192 cm³/mol. The van der Waals surface area contributed by atoms with Crippen LogP contribution in [0.5, 0.6) is 5.75 Å². The Morgan fingerprint density at radius 3 is 2.15 bits per heavy atom. The fourth-order valence-corrected chi connectivity index (χ4v) is 6.89. The number of rotatable bonds is 16. The van der Waals surface area contributed by atoms with E-state index in [0.29, 0.717) is 34.5 Å². The molecule has 0 aromatic heterocycles. The highest BCUT2D eigenvalue weighted by Crippen LogP contribution is 2.29. The third-order valence-electron chi connectivity index (χ3n) is 7.55. The van der Waals surface area contributed by atoms with Crippen LogP contribution in [0, 0.1) is 0 Å². The molecule has 4 aromatic rings. The Balaban J connectivity index is 1.80. The first-order chi connectivity index (χ1) is 23.0. The van der Waals surface area contributed by atoms with Crippen LogP contribution in [-0.4, -0.2) is 50.9 Å². The summed E-state index contributed by atoms with van der Waals surface area (Å²) in [6.45, 7) is 4.08. The molecule has 1 unspecified atom stereocenters. The summed E-state index contributed by atoms with van der Waals surface area (Å²) >= 11 is 18.6. The fourth-order valence-electron chi connectivity index (χ4n) is 5.03. The number of halogens is 3. The van der Waals surface area contributed by atoms with Gasteiger partial charge in [0.1, 0.15) is 18.3 Å². The largest absolute Gasteiger partial charge is 0.494 e. The van der Waals surface area contributed by atoms with Gasteiger partial charge in [-0.25, -0.2) is 8.42 Å². The van der Waals surface area contributed by atoms with Crippen LogP contribution >= 0.6 is 34.8 Å². The molecule has 0 spiro atoms. The minimum Gasteiger partial charge on any atom is -0.494 e. The zero-order valence-electron chi connectivity index (χ0n) is 26.7. The van der Waals surface area contributed by atoms with Crippen molar-refractivity contribution >= 4 is 62.3 Å². The van der Waals surface area contributed by atoms with E-state index in [-0.39, 0.29) is 34.5 Å². The quantitative estimate of drug-likeness (QED) is 0.119. The van der Waals surface area contributed by atoms with Gasteiger partial charge in [-0.2, -0.15) is 0 Å². The van der Waals surface area contributed by atoms with Crippen LogP contribution in [0.3, 0.4) is 0 Å². The number of benzene rings is 4. The van der Waals surface area contributed by atoms with Crippen molar-refractivity contribution in [1.82, 2.24) is 10.2 Å². The molecule has 0 radical (unpaired) electrons. The van der Waals surface area contributed by atoms with Gasteiger partial charge >= 0.3 is 0 Å². The summed E-state index contributed by atoms with van der Waals surface area (Å²) in [6, 6.07) is 25.5. The molecule has 0 aliphatic heterocycles. The van der Waals surface area contributed by atoms with Gasteiger partial charge in [-0.05, 0) is 85.1 Å². The van der Waals surface area contributed by atoms with Crippen LogP contribution in [0.15, 0.2) is 102 Å². The molecule has 1 N–H and O–H groups in total. The van der Waals surface area contributed by atoms with Crippen molar-refractivity contribution < 1.29 is 22.7 Å². The smallest absolute Gasteiger partial charge is 0.264 e. The van der Waals surface area contributed by atoms with Crippen molar-refractivity contribution in [2.45, 2.75) is 50.6 Å². The molecule has 0 heterocycles. The van der Waals surface area contributed by atoms with E-state index >= 15 is 0 Å². The van der Waals surface area contributed by atoms with Crippen LogP contribution in [0.2, 0.25) is 15.1 Å². The maximum atomic E-state index is 14.6. The number of nitrogens with zero attached hydrogens (tertiary/aromatic N) is 2. The third-order valence-corrected chi connectivity index (χ3v) is 10.3. The normalized spacial score (nSPS) is 11.9. The maximum Gasteiger partial charge on any atom is 0.264 e. The Labute approximate surface area is 297 Å². The number of hydrogen-bond acceptors (Lipinski definition) is 5. The minimum absolute atomic E-state index is 0.0352. The molecule has 4 aromatic carbocycles. The van der Waals surface area contributed by atoms with Crippen molar-refractivity contribution in [3.05, 3.63) is 123 Å². The van der Waals surface area contributed by atoms with Gasteiger partial charge in [0.2, 0.25) is 11.8 Å². The SMILES string of the molecule is CCCCNC(=O)C(Cc1ccccc1)N(Cc1ccc(Cl)c(Cl)c1)C(=O)CN(c1ccc(OCC)cc1)S(=O)(=O)c1ccc(Cl)cc1. The molecule has 0 aliphatic rings. The molecule has 8 nitrogen and oxygen atoms in total. The van der Waals surface area contributed by atoms with Gasteiger partial charge in [-0.15, -0.1) is 0 Å². The Hall–Kier alpha value is -3.76. The topological polar surface area (TPSA) is 96.0 Å². The first-order valence-corrected chi connectivity index (χ1v) is 18.2. The first-order valence-electron chi connectivity index (χ1n) is 15.6. The molecule has 0 fully saturated rings. The lowest BCUT2D eigenvalue weighted by Crippen LogP contribution is -2.53. The maximum absolute atomic E-state index is 14.6. The van der Waals surface area contributed by atoms with Crippen LogP contribution in [0.1, 0.15) is 37.8 Å². The lowest BCUT2D eigenvalue weighted by Gasteiger charge is -2.34. The zero-order valence-corrected chi connectivity index (χ0v) is 29.8. The summed E-state index contributed by atoms with van der Waals surface area (Å²) in [7, 11) is -4.28. The first kappa shape index (κ1) is 37.1. The summed E-state index contributed by atoms with van der Waals surface area (Å²) in [5, 5.41) is 3.96. The van der Waals surface area contributed by atoms with Gasteiger partial charge in [0.15, 0.2) is 0 Å². The standard InChI is InChI=1S/C36H38Cl3N3O5S/c1-3-5-21-40-36(44)34(23-26-9-7-6-8-10-26)41(24-27-11-20-32(38)33(39)22-27)35(43)25-42(29-14-16-30(17-15-29)47-4-2)48(45,46)31-18-12-28(37)13-19-31/h6-20,22,34H,3-5,21,23-25H2,1-2H3,(H,40,44). The molecule has 0 saturated carbocycles. The molecule has 2 amide bonds. The lowest BCUT2D eigenvalue weighted by molar-refractivity contribution is -0.140. The Bertz CT molecular complexity index is 1770. The van der Waals surface area contributed by atoms with Gasteiger partial charge in [-0.3, -0.25) is 13.9 Å². The van der Waals surface area contributed by atoms with Crippen LogP contribution in [0.25, 0.3) is 0 Å². The van der Waals surface area contributed by atoms with Crippen molar-refractivity contribution in [2.75, 3.05) is 24.0 Å². The van der Waals surface area contributed by atoms with Gasteiger partial charge in [0.25, 0.3) is 10.0 Å². The molecule has 0 bridgehead atoms. The van der Waals surface area contributed by atoms with E-state index in [1.165, 1.54) is 29.2 Å². The summed E-state index contributed by atoms with van der Waals surface area (Å²) in [5.41, 5.74) is 1.69. The van der Waals surface area contributed by atoms with Gasteiger partial charge in [0.05, 0.1) is 27.2 Å². The molecule has 4 rings (SSSR count). The lowest BCUT2D eigenvalue weighted by atomic mass is 10.0. The van der Waals surface area contributed by atoms with Crippen LogP contribution < -0.4 is 14.4 Å². The monoisotopic (exact) mass is 729 g/mol. The molecule has 0 saturated heterocycles. The van der Waals surface area contributed by atoms with Gasteiger partial charge < -0.3 is 15.0 Å². The highest BCUT2D eigenvalue weighted by Gasteiger charge is 2.34. The van der Waals surface area contributed by atoms with Crippen molar-refractivity contribution in [1.29, 1.82) is 0 Å². The number of amides is 2. The second-order valence-electron chi connectivity index (χ2n) is 11.0. The average Bonchev–Trinajstić information content (AvgIpc) is 3.08. The van der Waals surface area contributed by atoms with Crippen LogP contribution in [0.4, 0.5) is 5.69 Å². The predicted octanol–water partition coefficient (Wildman–Crippen LogP) is 7.80. The summed E-state index contributed by atoms with van der Waals surface area (Å²) in [6.07, 6.45) is 1.82. The van der Waals surface area contributed by atoms with E-state index in [2.05, 4.69) is 5.32 Å². The van der Waals surface area contributed by atoms with E-state index in [1.54, 1.807) is 42.5 Å². The van der Waals surface area contributed by atoms with E-state index in [0.717, 1.165) is 22.7 Å². The summed E-state index contributed by atoms with van der Waals surface area (Å²) in [4.78, 5) is 29.8. The van der Waals surface area contributed by atoms with E-state index in [9.17, 15) is 18.0 Å². The molecular formula is C36H38Cl3N3O5S.